The highest BCUT2D eigenvalue weighted by Gasteiger charge is 2.49. The molecule has 2 fully saturated rings. The van der Waals surface area contributed by atoms with Crippen molar-refractivity contribution in [2.45, 2.75) is 51.6 Å². The first kappa shape index (κ1) is 11.4. The van der Waals surface area contributed by atoms with Gasteiger partial charge < -0.3 is 10.2 Å². The third kappa shape index (κ3) is 1.93. The zero-order valence-electron chi connectivity index (χ0n) is 10.2. The lowest BCUT2D eigenvalue weighted by Gasteiger charge is -2.37. The van der Waals surface area contributed by atoms with E-state index in [2.05, 4.69) is 12.2 Å². The maximum Gasteiger partial charge on any atom is 0.248 e. The van der Waals surface area contributed by atoms with Gasteiger partial charge in [0.15, 0.2) is 0 Å². The SMILES string of the molecule is CCCC1CC1N1CC(=O)NC(C)(C)C1=O. The van der Waals surface area contributed by atoms with Gasteiger partial charge in [-0.2, -0.15) is 0 Å². The minimum atomic E-state index is -0.727. The van der Waals surface area contributed by atoms with E-state index in [0.717, 1.165) is 19.3 Å². The van der Waals surface area contributed by atoms with Gasteiger partial charge in [-0.25, -0.2) is 0 Å². The number of hydrogen-bond acceptors (Lipinski definition) is 2. The number of amides is 2. The Kier molecular flexibility index (Phi) is 2.68. The Morgan fingerprint density at radius 3 is 2.75 bits per heavy atom. The summed E-state index contributed by atoms with van der Waals surface area (Å²) in [7, 11) is 0. The Hall–Kier alpha value is -1.06. The Morgan fingerprint density at radius 2 is 2.12 bits per heavy atom. The van der Waals surface area contributed by atoms with Crippen molar-refractivity contribution >= 4 is 11.8 Å². The number of piperazine rings is 1. The van der Waals surface area contributed by atoms with E-state index in [-0.39, 0.29) is 18.4 Å². The Morgan fingerprint density at radius 1 is 1.44 bits per heavy atom. The highest BCUT2D eigenvalue weighted by atomic mass is 16.2. The van der Waals surface area contributed by atoms with Crippen LogP contribution >= 0.6 is 0 Å². The molecule has 0 bridgehead atoms. The van der Waals surface area contributed by atoms with Crippen LogP contribution in [0, 0.1) is 5.92 Å². The summed E-state index contributed by atoms with van der Waals surface area (Å²) in [6.45, 7) is 5.95. The average molecular weight is 224 g/mol. The van der Waals surface area contributed by atoms with Crippen LogP contribution in [0.15, 0.2) is 0 Å². The van der Waals surface area contributed by atoms with Crippen molar-refractivity contribution in [1.29, 1.82) is 0 Å². The lowest BCUT2D eigenvalue weighted by atomic mass is 10.00. The van der Waals surface area contributed by atoms with Gasteiger partial charge in [0.1, 0.15) is 5.54 Å². The first-order valence-electron chi connectivity index (χ1n) is 6.08. The van der Waals surface area contributed by atoms with Gasteiger partial charge in [-0.05, 0) is 32.6 Å². The van der Waals surface area contributed by atoms with Crippen molar-refractivity contribution in [3.63, 3.8) is 0 Å². The molecule has 0 aromatic rings. The molecule has 2 rings (SSSR count). The molecule has 1 saturated heterocycles. The van der Waals surface area contributed by atoms with E-state index < -0.39 is 5.54 Å². The summed E-state index contributed by atoms with van der Waals surface area (Å²) in [5, 5.41) is 2.73. The zero-order chi connectivity index (χ0) is 11.9. The molecule has 0 aromatic carbocycles. The number of carbonyl (C=O) groups is 2. The molecule has 0 radical (unpaired) electrons. The fraction of sp³-hybridized carbons (Fsp3) is 0.833. The quantitative estimate of drug-likeness (QED) is 0.774. The molecule has 4 nitrogen and oxygen atoms in total. The summed E-state index contributed by atoms with van der Waals surface area (Å²) in [6.07, 6.45) is 3.39. The summed E-state index contributed by atoms with van der Waals surface area (Å²) < 4.78 is 0. The van der Waals surface area contributed by atoms with Crippen LogP contribution in [0.2, 0.25) is 0 Å². The van der Waals surface area contributed by atoms with Gasteiger partial charge in [-0.1, -0.05) is 13.3 Å². The lowest BCUT2D eigenvalue weighted by Crippen LogP contribution is -2.64. The second-order valence-electron chi connectivity index (χ2n) is 5.46. The minimum Gasteiger partial charge on any atom is -0.341 e. The van der Waals surface area contributed by atoms with Gasteiger partial charge in [0.05, 0.1) is 6.54 Å². The molecule has 2 unspecified atom stereocenters. The molecule has 4 heteroatoms. The van der Waals surface area contributed by atoms with Crippen LogP contribution in [-0.2, 0) is 9.59 Å². The van der Waals surface area contributed by atoms with Crippen LogP contribution in [0.3, 0.4) is 0 Å². The van der Waals surface area contributed by atoms with Gasteiger partial charge in [-0.3, -0.25) is 9.59 Å². The maximum absolute atomic E-state index is 12.1. The zero-order valence-corrected chi connectivity index (χ0v) is 10.2. The molecule has 16 heavy (non-hydrogen) atoms. The molecule has 1 aliphatic heterocycles. The molecule has 1 heterocycles. The number of hydrogen-bond donors (Lipinski definition) is 1. The largest absolute Gasteiger partial charge is 0.341 e. The number of carbonyl (C=O) groups excluding carboxylic acids is 2. The highest BCUT2D eigenvalue weighted by Crippen LogP contribution is 2.40. The summed E-state index contributed by atoms with van der Waals surface area (Å²) in [4.78, 5) is 25.4. The topological polar surface area (TPSA) is 49.4 Å². The van der Waals surface area contributed by atoms with E-state index in [1.54, 1.807) is 18.7 Å². The molecule has 1 N–H and O–H groups in total. The normalized spacial score (nSPS) is 32.6. The van der Waals surface area contributed by atoms with Crippen molar-refractivity contribution in [1.82, 2.24) is 10.2 Å². The smallest absolute Gasteiger partial charge is 0.248 e. The van der Waals surface area contributed by atoms with Crippen LogP contribution in [0.4, 0.5) is 0 Å². The van der Waals surface area contributed by atoms with Gasteiger partial charge in [0.2, 0.25) is 11.8 Å². The highest BCUT2D eigenvalue weighted by molar-refractivity contribution is 5.97. The molecule has 0 aromatic heterocycles. The van der Waals surface area contributed by atoms with Crippen molar-refractivity contribution in [3.05, 3.63) is 0 Å². The molecule has 2 atom stereocenters. The van der Waals surface area contributed by atoms with Gasteiger partial charge in [-0.15, -0.1) is 0 Å². The fourth-order valence-electron chi connectivity index (χ4n) is 2.59. The van der Waals surface area contributed by atoms with E-state index in [1.165, 1.54) is 0 Å². The molecular formula is C12H20N2O2. The molecule has 90 valence electrons. The van der Waals surface area contributed by atoms with Gasteiger partial charge in [0, 0.05) is 6.04 Å². The van der Waals surface area contributed by atoms with Crippen LogP contribution in [0.25, 0.3) is 0 Å². The van der Waals surface area contributed by atoms with E-state index in [0.29, 0.717) is 12.0 Å². The van der Waals surface area contributed by atoms with E-state index in [1.807, 2.05) is 0 Å². The van der Waals surface area contributed by atoms with Crippen LogP contribution in [-0.4, -0.2) is 34.8 Å². The summed E-state index contributed by atoms with van der Waals surface area (Å²) in [5.74, 6) is 0.651. The molecule has 0 spiro atoms. The first-order valence-corrected chi connectivity index (χ1v) is 6.08. The fourth-order valence-corrected chi connectivity index (χ4v) is 2.59. The Bertz CT molecular complexity index is 325. The lowest BCUT2D eigenvalue weighted by molar-refractivity contribution is -0.149. The Balaban J connectivity index is 2.05. The van der Waals surface area contributed by atoms with E-state index >= 15 is 0 Å². The standard InChI is InChI=1S/C12H20N2O2/c1-4-5-8-6-9(8)14-7-10(15)13-12(2,3)11(14)16/h8-9H,4-7H2,1-3H3,(H,13,15). The van der Waals surface area contributed by atoms with Crippen LogP contribution in [0.1, 0.15) is 40.0 Å². The van der Waals surface area contributed by atoms with E-state index in [4.69, 9.17) is 0 Å². The molecular weight excluding hydrogens is 204 g/mol. The van der Waals surface area contributed by atoms with Gasteiger partial charge in [0.25, 0.3) is 0 Å². The average Bonchev–Trinajstić information content (AvgIpc) is 2.90. The third-order valence-electron chi connectivity index (χ3n) is 3.51. The predicted octanol–water partition coefficient (Wildman–Crippen LogP) is 0.912. The van der Waals surface area contributed by atoms with Gasteiger partial charge >= 0.3 is 0 Å². The summed E-state index contributed by atoms with van der Waals surface area (Å²) in [6, 6.07) is 0.317. The molecule has 1 aliphatic carbocycles. The van der Waals surface area contributed by atoms with Crippen molar-refractivity contribution in [2.75, 3.05) is 6.54 Å². The number of nitrogens with one attached hydrogen (secondary N) is 1. The molecule has 1 saturated carbocycles. The monoisotopic (exact) mass is 224 g/mol. The Labute approximate surface area is 96.4 Å². The van der Waals surface area contributed by atoms with Crippen LogP contribution < -0.4 is 5.32 Å². The second kappa shape index (κ2) is 3.75. The summed E-state index contributed by atoms with van der Waals surface area (Å²) >= 11 is 0. The first-order chi connectivity index (χ1) is 7.45. The van der Waals surface area contributed by atoms with Crippen LogP contribution in [0.5, 0.6) is 0 Å². The van der Waals surface area contributed by atoms with Crippen molar-refractivity contribution in [2.24, 2.45) is 5.92 Å². The van der Waals surface area contributed by atoms with Crippen molar-refractivity contribution in [3.8, 4) is 0 Å². The molecule has 2 aliphatic rings. The number of nitrogens with zero attached hydrogens (tertiary/aromatic N) is 1. The number of rotatable bonds is 3. The predicted molar refractivity (Wildman–Crippen MR) is 60.7 cm³/mol. The van der Waals surface area contributed by atoms with Crippen molar-refractivity contribution < 1.29 is 9.59 Å². The second-order valence-corrected chi connectivity index (χ2v) is 5.46. The maximum atomic E-state index is 12.1. The van der Waals surface area contributed by atoms with E-state index in [9.17, 15) is 9.59 Å². The minimum absolute atomic E-state index is 0.0354. The summed E-state index contributed by atoms with van der Waals surface area (Å²) in [5.41, 5.74) is -0.727. The molecule has 2 amide bonds. The third-order valence-corrected chi connectivity index (χ3v) is 3.51.